The number of ketones is 1. The molecule has 1 rings (SSSR count). The SMILES string of the molecule is COC(=O)OCC(=O)c1ccc(OC(=O)OC)cc1. The molecule has 0 amide bonds. The van der Waals surface area contributed by atoms with Crippen LogP contribution in [0.15, 0.2) is 24.3 Å². The van der Waals surface area contributed by atoms with E-state index in [4.69, 9.17) is 4.74 Å². The van der Waals surface area contributed by atoms with E-state index < -0.39 is 24.7 Å². The second-order valence-electron chi connectivity index (χ2n) is 3.25. The number of hydrogen-bond donors (Lipinski definition) is 0. The van der Waals surface area contributed by atoms with Crippen LogP contribution in [0.2, 0.25) is 0 Å². The molecule has 7 nitrogen and oxygen atoms in total. The van der Waals surface area contributed by atoms with E-state index in [0.717, 1.165) is 7.11 Å². The highest BCUT2D eigenvalue weighted by Crippen LogP contribution is 2.13. The van der Waals surface area contributed by atoms with Crippen LogP contribution in [0.3, 0.4) is 0 Å². The Morgan fingerprint density at radius 1 is 0.947 bits per heavy atom. The van der Waals surface area contributed by atoms with Gasteiger partial charge in [0.05, 0.1) is 14.2 Å². The molecule has 1 aromatic rings. The highest BCUT2D eigenvalue weighted by atomic mass is 16.7. The van der Waals surface area contributed by atoms with Crippen molar-refractivity contribution in [1.82, 2.24) is 0 Å². The summed E-state index contributed by atoms with van der Waals surface area (Å²) in [5.41, 5.74) is 0.307. The van der Waals surface area contributed by atoms with Gasteiger partial charge in [-0.05, 0) is 24.3 Å². The van der Waals surface area contributed by atoms with E-state index in [2.05, 4.69) is 14.2 Å². The van der Waals surface area contributed by atoms with Crippen molar-refractivity contribution in [2.24, 2.45) is 0 Å². The Kier molecular flexibility index (Phi) is 5.34. The molecule has 1 aromatic carbocycles. The predicted molar refractivity (Wildman–Crippen MR) is 62.2 cm³/mol. The molecule has 0 saturated heterocycles. The smallest absolute Gasteiger partial charge is 0.438 e. The summed E-state index contributed by atoms with van der Waals surface area (Å²) in [7, 11) is 2.33. The molecular formula is C12H12O7. The van der Waals surface area contributed by atoms with Crippen LogP contribution in [0.25, 0.3) is 0 Å². The summed E-state index contributed by atoms with van der Waals surface area (Å²) < 4.78 is 17.8. The van der Waals surface area contributed by atoms with Gasteiger partial charge < -0.3 is 18.9 Å². The maximum absolute atomic E-state index is 11.6. The minimum Gasteiger partial charge on any atom is -0.438 e. The van der Waals surface area contributed by atoms with Gasteiger partial charge in [0.25, 0.3) is 0 Å². The summed E-state index contributed by atoms with van der Waals surface area (Å²) in [5, 5.41) is 0. The van der Waals surface area contributed by atoms with Crippen LogP contribution in [0.4, 0.5) is 9.59 Å². The normalized spacial score (nSPS) is 9.37. The fraction of sp³-hybridized carbons (Fsp3) is 0.250. The molecule has 0 atom stereocenters. The third kappa shape index (κ3) is 4.66. The zero-order valence-corrected chi connectivity index (χ0v) is 10.4. The molecule has 0 unspecified atom stereocenters. The monoisotopic (exact) mass is 268 g/mol. The molecule has 0 aliphatic heterocycles. The summed E-state index contributed by atoms with van der Waals surface area (Å²) >= 11 is 0. The minimum atomic E-state index is -0.931. The largest absolute Gasteiger partial charge is 0.513 e. The van der Waals surface area contributed by atoms with Gasteiger partial charge in [0.1, 0.15) is 5.75 Å². The molecule has 0 fully saturated rings. The number of benzene rings is 1. The minimum absolute atomic E-state index is 0.234. The van der Waals surface area contributed by atoms with Gasteiger partial charge >= 0.3 is 12.3 Å². The van der Waals surface area contributed by atoms with E-state index in [1.165, 1.54) is 31.4 Å². The summed E-state index contributed by atoms with van der Waals surface area (Å²) in [6.45, 7) is -0.427. The summed E-state index contributed by atoms with van der Waals surface area (Å²) in [5.74, 6) is -0.174. The number of hydrogen-bond acceptors (Lipinski definition) is 7. The molecule has 19 heavy (non-hydrogen) atoms. The summed E-state index contributed by atoms with van der Waals surface area (Å²) in [6.07, 6.45) is -1.79. The van der Waals surface area contributed by atoms with Gasteiger partial charge in [0.2, 0.25) is 0 Å². The highest BCUT2D eigenvalue weighted by molar-refractivity contribution is 5.97. The fourth-order valence-corrected chi connectivity index (χ4v) is 1.11. The van der Waals surface area contributed by atoms with E-state index in [1.54, 1.807) is 0 Å². The molecule has 7 heteroatoms. The Bertz CT molecular complexity index is 463. The van der Waals surface area contributed by atoms with Crippen LogP contribution in [0.1, 0.15) is 10.4 Å². The first kappa shape index (κ1) is 14.5. The van der Waals surface area contributed by atoms with Crippen LogP contribution in [0.5, 0.6) is 5.75 Å². The zero-order chi connectivity index (χ0) is 14.3. The van der Waals surface area contributed by atoms with Crippen molar-refractivity contribution in [2.45, 2.75) is 0 Å². The van der Waals surface area contributed by atoms with Crippen molar-refractivity contribution in [1.29, 1.82) is 0 Å². The van der Waals surface area contributed by atoms with Crippen molar-refractivity contribution >= 4 is 18.1 Å². The van der Waals surface area contributed by atoms with Crippen molar-refractivity contribution < 1.29 is 33.3 Å². The molecule has 0 heterocycles. The van der Waals surface area contributed by atoms with E-state index >= 15 is 0 Å². The summed E-state index contributed by atoms with van der Waals surface area (Å²) in [6, 6.07) is 5.70. The van der Waals surface area contributed by atoms with E-state index in [-0.39, 0.29) is 5.75 Å². The second-order valence-corrected chi connectivity index (χ2v) is 3.25. The molecule has 0 aliphatic rings. The molecule has 0 saturated carbocycles. The van der Waals surface area contributed by atoms with Crippen molar-refractivity contribution in [3.05, 3.63) is 29.8 Å². The lowest BCUT2D eigenvalue weighted by molar-refractivity contribution is 0.0612. The zero-order valence-electron chi connectivity index (χ0n) is 10.4. The number of carbonyl (C=O) groups excluding carboxylic acids is 3. The molecule has 0 bridgehead atoms. The van der Waals surface area contributed by atoms with Crippen LogP contribution in [0, 0.1) is 0 Å². The first-order chi connectivity index (χ1) is 9.06. The maximum Gasteiger partial charge on any atom is 0.513 e. The second kappa shape index (κ2) is 7.00. The number of rotatable bonds is 4. The van der Waals surface area contributed by atoms with Crippen molar-refractivity contribution in [3.63, 3.8) is 0 Å². The lowest BCUT2D eigenvalue weighted by atomic mass is 10.1. The number of Topliss-reactive ketones (excluding diaryl/α,β-unsaturated/α-hetero) is 1. The third-order valence-electron chi connectivity index (χ3n) is 2.03. The number of carbonyl (C=O) groups is 3. The standard InChI is InChI=1S/C12H12O7/c1-16-11(14)18-7-10(13)8-3-5-9(6-4-8)19-12(15)17-2/h3-6H,7H2,1-2H3. The Morgan fingerprint density at radius 3 is 2.05 bits per heavy atom. The topological polar surface area (TPSA) is 88.1 Å². The summed E-state index contributed by atoms with van der Waals surface area (Å²) in [4.78, 5) is 33.1. The first-order valence-corrected chi connectivity index (χ1v) is 5.16. The molecular weight excluding hydrogens is 256 g/mol. The van der Waals surface area contributed by atoms with Gasteiger partial charge in [-0.2, -0.15) is 0 Å². The van der Waals surface area contributed by atoms with Gasteiger partial charge in [-0.1, -0.05) is 0 Å². The van der Waals surface area contributed by atoms with Gasteiger partial charge in [0.15, 0.2) is 12.4 Å². The molecule has 0 aliphatic carbocycles. The van der Waals surface area contributed by atoms with Gasteiger partial charge in [-0.25, -0.2) is 9.59 Å². The van der Waals surface area contributed by atoms with Crippen molar-refractivity contribution in [3.8, 4) is 5.75 Å². The molecule has 0 N–H and O–H groups in total. The van der Waals surface area contributed by atoms with Crippen LogP contribution >= 0.6 is 0 Å². The van der Waals surface area contributed by atoms with E-state index in [0.29, 0.717) is 5.56 Å². The number of methoxy groups -OCH3 is 2. The lowest BCUT2D eigenvalue weighted by Gasteiger charge is -2.04. The Morgan fingerprint density at radius 2 is 1.53 bits per heavy atom. The Labute approximate surface area is 109 Å². The van der Waals surface area contributed by atoms with Crippen LogP contribution < -0.4 is 4.74 Å². The Balaban J connectivity index is 2.58. The third-order valence-corrected chi connectivity index (χ3v) is 2.03. The van der Waals surface area contributed by atoms with Crippen molar-refractivity contribution in [2.75, 3.05) is 20.8 Å². The average molecular weight is 268 g/mol. The van der Waals surface area contributed by atoms with Crippen LogP contribution in [-0.4, -0.2) is 38.9 Å². The maximum atomic E-state index is 11.6. The Hall–Kier alpha value is -2.57. The molecule has 0 aromatic heterocycles. The van der Waals surface area contributed by atoms with Gasteiger partial charge in [-0.3, -0.25) is 4.79 Å². The predicted octanol–water partition coefficient (Wildman–Crippen LogP) is 1.80. The fourth-order valence-electron chi connectivity index (χ4n) is 1.11. The molecule has 0 spiro atoms. The van der Waals surface area contributed by atoms with Gasteiger partial charge in [-0.15, -0.1) is 0 Å². The molecule has 0 radical (unpaired) electrons. The first-order valence-electron chi connectivity index (χ1n) is 5.16. The van der Waals surface area contributed by atoms with E-state index in [9.17, 15) is 14.4 Å². The quantitative estimate of drug-likeness (QED) is 0.467. The van der Waals surface area contributed by atoms with E-state index in [1.807, 2.05) is 0 Å². The number of ether oxygens (including phenoxy) is 4. The highest BCUT2D eigenvalue weighted by Gasteiger charge is 2.10. The van der Waals surface area contributed by atoms with Crippen LogP contribution in [-0.2, 0) is 14.2 Å². The lowest BCUT2D eigenvalue weighted by Crippen LogP contribution is -2.14. The molecule has 102 valence electrons. The average Bonchev–Trinajstić information content (AvgIpc) is 2.44. The van der Waals surface area contributed by atoms with Gasteiger partial charge in [0, 0.05) is 5.56 Å².